The van der Waals surface area contributed by atoms with Crippen LogP contribution in [0.4, 0.5) is 34.6 Å². The van der Waals surface area contributed by atoms with Gasteiger partial charge < -0.3 is 20.1 Å². The van der Waals surface area contributed by atoms with E-state index in [0.29, 0.717) is 35.4 Å². The number of pyridine rings is 1. The molecule has 9 rings (SSSR count). The molecule has 0 spiro atoms. The van der Waals surface area contributed by atoms with Crippen LogP contribution in [-0.4, -0.2) is 147 Å². The van der Waals surface area contributed by atoms with Gasteiger partial charge in [-0.1, -0.05) is 12.1 Å². The number of amides is 3. The summed E-state index contributed by atoms with van der Waals surface area (Å²) in [5.41, 5.74) is 1.70. The minimum absolute atomic E-state index is 0.00330. The zero-order valence-electron chi connectivity index (χ0n) is 36.2. The predicted octanol–water partition coefficient (Wildman–Crippen LogP) is 4.06. The minimum Gasteiger partial charge on any atom is -0.369 e. The molecule has 4 fully saturated rings. The van der Waals surface area contributed by atoms with E-state index in [-0.39, 0.29) is 36.9 Å². The number of piperazine rings is 2. The molecular weight excluding hydrogens is 897 g/mol. The Bertz CT molecular complexity index is 2830. The van der Waals surface area contributed by atoms with E-state index in [9.17, 15) is 32.0 Å². The van der Waals surface area contributed by atoms with Crippen LogP contribution in [0.3, 0.4) is 0 Å². The second-order valence-corrected chi connectivity index (χ2v) is 18.8. The van der Waals surface area contributed by atoms with Crippen molar-refractivity contribution in [3.63, 3.8) is 0 Å². The number of alkyl halides is 1. The van der Waals surface area contributed by atoms with Gasteiger partial charge >= 0.3 is 10.2 Å². The minimum atomic E-state index is -4.36. The summed E-state index contributed by atoms with van der Waals surface area (Å²) in [6.45, 7) is 7.72. The molecule has 4 aliphatic heterocycles. The van der Waals surface area contributed by atoms with Crippen LogP contribution in [0.1, 0.15) is 45.5 Å². The zero-order chi connectivity index (χ0) is 47.0. The molecule has 1 unspecified atom stereocenters. The standard InChI is InChI=1S/C46H48F4N10O6S/c47-30-11-12-60(27-30)67(65,66)55-38-8-7-36(48)41(42(38)50)43(62)35-26-52-44-34(35)23-29(25-51-44)28-1-3-31(4-2-28)58-19-15-56(16-20-58)13-14-57-17-21-59(22-18-57)32-5-6-33(37(49)24-32)45(63)53-39-9-10-40(61)54-46(39)64/h1-8,23-26,30,39,55H,9-22,27H2,(H,51,52)(H,53,63)(H,54,61,64)/t30-,39?/m1/s1. The van der Waals surface area contributed by atoms with Crippen LogP contribution in [0.15, 0.2) is 73.1 Å². The number of aromatic amines is 1. The number of carbonyl (C=O) groups is 4. The first-order valence-corrected chi connectivity index (χ1v) is 23.6. The van der Waals surface area contributed by atoms with Crippen LogP contribution in [0.2, 0.25) is 0 Å². The predicted molar refractivity (Wildman–Crippen MR) is 242 cm³/mol. The third-order valence-corrected chi connectivity index (χ3v) is 14.4. The van der Waals surface area contributed by atoms with Crippen molar-refractivity contribution < 1.29 is 45.2 Å². The van der Waals surface area contributed by atoms with Gasteiger partial charge in [0, 0.05) is 125 Å². The number of H-pyrrole nitrogens is 1. The Morgan fingerprint density at radius 2 is 1.43 bits per heavy atom. The van der Waals surface area contributed by atoms with Gasteiger partial charge in [0.1, 0.15) is 29.5 Å². The molecule has 5 aromatic rings. The number of imide groups is 1. The Kier molecular flexibility index (Phi) is 13.0. The second kappa shape index (κ2) is 19.1. The van der Waals surface area contributed by atoms with Crippen molar-refractivity contribution in [2.75, 3.05) is 93.1 Å². The molecule has 0 bridgehead atoms. The first-order valence-electron chi connectivity index (χ1n) is 22.1. The van der Waals surface area contributed by atoms with Gasteiger partial charge in [-0.3, -0.25) is 39.0 Å². The van der Waals surface area contributed by atoms with E-state index in [1.807, 2.05) is 29.0 Å². The van der Waals surface area contributed by atoms with E-state index in [1.165, 1.54) is 18.3 Å². The molecule has 4 saturated heterocycles. The monoisotopic (exact) mass is 944 g/mol. The third-order valence-electron chi connectivity index (χ3n) is 12.9. The number of halogens is 4. The van der Waals surface area contributed by atoms with Crippen molar-refractivity contribution in [3.8, 4) is 11.1 Å². The largest absolute Gasteiger partial charge is 0.369 e. The molecule has 21 heteroatoms. The Balaban J connectivity index is 0.755. The van der Waals surface area contributed by atoms with E-state index < -0.39 is 81.2 Å². The lowest BCUT2D eigenvalue weighted by atomic mass is 9.99. The van der Waals surface area contributed by atoms with Gasteiger partial charge in [-0.2, -0.15) is 12.7 Å². The topological polar surface area (TPSA) is 183 Å². The van der Waals surface area contributed by atoms with Crippen LogP contribution in [0.5, 0.6) is 0 Å². The maximum Gasteiger partial charge on any atom is 0.301 e. The number of piperidine rings is 1. The number of fused-ring (bicyclic) bond motifs is 1. The molecular formula is C46H48F4N10O6S. The number of aromatic nitrogens is 2. The lowest BCUT2D eigenvalue weighted by Gasteiger charge is -2.39. The molecule has 4 N–H and O–H groups in total. The molecule has 352 valence electrons. The number of anilines is 3. The van der Waals surface area contributed by atoms with Crippen molar-refractivity contribution in [2.45, 2.75) is 31.5 Å². The van der Waals surface area contributed by atoms with Crippen molar-refractivity contribution >= 4 is 61.8 Å². The fourth-order valence-corrected chi connectivity index (χ4v) is 10.3. The number of ketones is 1. The maximum atomic E-state index is 15.7. The van der Waals surface area contributed by atoms with Crippen molar-refractivity contribution in [1.29, 1.82) is 0 Å². The maximum absolute atomic E-state index is 15.7. The second-order valence-electron chi connectivity index (χ2n) is 17.1. The lowest BCUT2D eigenvalue weighted by Crippen LogP contribution is -2.52. The SMILES string of the molecule is O=C1CCC(NC(=O)c2ccc(N3CCN(CCN4CCN(c5ccc(-c6cnc7[nH]cc(C(=O)c8c(F)ccc(NS(=O)(=O)N9CC[C@@H](F)C9)c8F)c7c6)cc5)CC4)CC3)cc2F)C(=O)N1. The number of nitrogens with zero attached hydrogens (tertiary/aromatic N) is 6. The average molecular weight is 945 g/mol. The summed E-state index contributed by atoms with van der Waals surface area (Å²) in [6, 6.07) is 14.9. The Morgan fingerprint density at radius 3 is 2.07 bits per heavy atom. The summed E-state index contributed by atoms with van der Waals surface area (Å²) in [5.74, 6) is -5.96. The summed E-state index contributed by atoms with van der Waals surface area (Å²) >= 11 is 0. The summed E-state index contributed by atoms with van der Waals surface area (Å²) < 4.78 is 88.1. The van der Waals surface area contributed by atoms with Crippen LogP contribution in [0, 0.1) is 17.5 Å². The van der Waals surface area contributed by atoms with Crippen molar-refractivity contribution in [1.82, 2.24) is 34.7 Å². The number of rotatable bonds is 13. The van der Waals surface area contributed by atoms with Crippen LogP contribution in [0.25, 0.3) is 22.2 Å². The van der Waals surface area contributed by atoms with Crippen molar-refractivity contribution in [3.05, 3.63) is 107 Å². The summed E-state index contributed by atoms with van der Waals surface area (Å²) in [6.07, 6.45) is 1.85. The number of hydrogen-bond acceptors (Lipinski definition) is 11. The Labute approximate surface area is 383 Å². The van der Waals surface area contributed by atoms with Crippen molar-refractivity contribution in [2.24, 2.45) is 0 Å². The molecule has 3 aromatic carbocycles. The van der Waals surface area contributed by atoms with E-state index >= 15 is 13.2 Å². The Morgan fingerprint density at radius 1 is 0.761 bits per heavy atom. The average Bonchev–Trinajstić information content (AvgIpc) is 3.97. The summed E-state index contributed by atoms with van der Waals surface area (Å²) in [7, 11) is -4.36. The number of carbonyl (C=O) groups excluding carboxylic acids is 4. The van der Waals surface area contributed by atoms with E-state index in [0.717, 1.165) is 80.0 Å². The third kappa shape index (κ3) is 9.85. The highest BCUT2D eigenvalue weighted by Gasteiger charge is 2.34. The summed E-state index contributed by atoms with van der Waals surface area (Å²) in [5, 5.41) is 5.02. The number of nitrogens with one attached hydrogen (secondary N) is 4. The molecule has 2 aromatic heterocycles. The molecule has 0 saturated carbocycles. The van der Waals surface area contributed by atoms with E-state index in [2.05, 4.69) is 40.2 Å². The van der Waals surface area contributed by atoms with Gasteiger partial charge in [0.2, 0.25) is 17.6 Å². The molecule has 0 radical (unpaired) electrons. The zero-order valence-corrected chi connectivity index (χ0v) is 37.1. The molecule has 4 aliphatic rings. The van der Waals surface area contributed by atoms with E-state index in [4.69, 9.17) is 0 Å². The highest BCUT2D eigenvalue weighted by Crippen LogP contribution is 2.32. The highest BCUT2D eigenvalue weighted by atomic mass is 32.2. The van der Waals surface area contributed by atoms with Gasteiger partial charge in [-0.15, -0.1) is 0 Å². The first kappa shape index (κ1) is 45.7. The smallest absolute Gasteiger partial charge is 0.301 e. The van der Waals surface area contributed by atoms with Crippen LogP contribution in [-0.2, 0) is 19.8 Å². The van der Waals surface area contributed by atoms with Crippen LogP contribution >= 0.6 is 0 Å². The first-order chi connectivity index (χ1) is 32.2. The molecule has 6 heterocycles. The summed E-state index contributed by atoms with van der Waals surface area (Å²) in [4.78, 5) is 66.4. The normalized spacial score (nSPS) is 20.1. The molecule has 0 aliphatic carbocycles. The fraction of sp³-hybridized carbons (Fsp3) is 0.370. The number of hydrogen-bond donors (Lipinski definition) is 4. The Hall–Kier alpha value is -6.42. The van der Waals surface area contributed by atoms with Gasteiger partial charge in [-0.25, -0.2) is 22.5 Å². The van der Waals surface area contributed by atoms with Gasteiger partial charge in [0.15, 0.2) is 5.82 Å². The highest BCUT2D eigenvalue weighted by molar-refractivity contribution is 7.90. The van der Waals surface area contributed by atoms with Gasteiger partial charge in [0.05, 0.1) is 16.8 Å². The molecule has 67 heavy (non-hydrogen) atoms. The molecule has 3 amide bonds. The quantitative estimate of drug-likeness (QED) is 0.0760. The van der Waals surface area contributed by atoms with E-state index in [1.54, 1.807) is 18.3 Å². The van der Waals surface area contributed by atoms with Crippen LogP contribution < -0.4 is 25.2 Å². The molecule has 16 nitrogen and oxygen atoms in total. The molecule has 2 atom stereocenters. The number of benzene rings is 3. The fourth-order valence-electron chi connectivity index (χ4n) is 8.99. The van der Waals surface area contributed by atoms with Gasteiger partial charge in [-0.05, 0) is 66.9 Å². The lowest BCUT2D eigenvalue weighted by molar-refractivity contribution is -0.134. The van der Waals surface area contributed by atoms with Gasteiger partial charge in [0.25, 0.3) is 5.91 Å².